The molecule has 1 aliphatic rings. The lowest BCUT2D eigenvalue weighted by atomic mass is 9.97. The van der Waals surface area contributed by atoms with Gasteiger partial charge in [-0.3, -0.25) is 0 Å². The molecular weight excluding hydrogens is 350 g/mol. The first-order chi connectivity index (χ1) is 12.3. The number of sulfonamides is 1. The number of rotatable bonds is 5. The van der Waals surface area contributed by atoms with Gasteiger partial charge in [-0.05, 0) is 54.7 Å². The van der Waals surface area contributed by atoms with E-state index in [9.17, 15) is 8.42 Å². The van der Waals surface area contributed by atoms with Gasteiger partial charge in [-0.2, -0.15) is 0 Å². The zero-order valence-electron chi connectivity index (χ0n) is 15.6. The van der Waals surface area contributed by atoms with Crippen molar-refractivity contribution in [3.05, 3.63) is 53.1 Å². The van der Waals surface area contributed by atoms with Crippen LogP contribution in [0.4, 0.5) is 0 Å². The molecule has 0 amide bonds. The molecule has 1 atom stereocenters. The summed E-state index contributed by atoms with van der Waals surface area (Å²) in [6, 6.07) is 10.7. The molecule has 3 rings (SSSR count). The van der Waals surface area contributed by atoms with Crippen LogP contribution in [0, 0.1) is 19.8 Å². The molecule has 2 aromatic carbocycles. The van der Waals surface area contributed by atoms with E-state index in [-0.39, 0.29) is 12.0 Å². The summed E-state index contributed by atoms with van der Waals surface area (Å²) >= 11 is 0. The Labute approximate surface area is 155 Å². The van der Waals surface area contributed by atoms with Crippen molar-refractivity contribution >= 4 is 10.0 Å². The molecule has 0 aromatic heterocycles. The van der Waals surface area contributed by atoms with Crippen LogP contribution in [0.1, 0.15) is 36.6 Å². The summed E-state index contributed by atoms with van der Waals surface area (Å²) in [5, 5.41) is 0. The average molecular weight is 375 g/mol. The molecule has 0 spiro atoms. The Bertz CT molecular complexity index is 906. The van der Waals surface area contributed by atoms with Crippen molar-refractivity contribution < 1.29 is 17.9 Å². The van der Waals surface area contributed by atoms with Gasteiger partial charge in [0, 0.05) is 6.04 Å². The summed E-state index contributed by atoms with van der Waals surface area (Å²) in [6.45, 7) is 8.71. The first-order valence-electron chi connectivity index (χ1n) is 8.77. The van der Waals surface area contributed by atoms with E-state index in [0.717, 1.165) is 16.7 Å². The fourth-order valence-corrected chi connectivity index (χ4v) is 4.77. The molecule has 5 nitrogen and oxygen atoms in total. The van der Waals surface area contributed by atoms with Crippen LogP contribution in [0.15, 0.2) is 41.3 Å². The molecule has 0 saturated carbocycles. The predicted molar refractivity (Wildman–Crippen MR) is 101 cm³/mol. The first-order valence-corrected chi connectivity index (χ1v) is 10.3. The van der Waals surface area contributed by atoms with Gasteiger partial charge in [0.2, 0.25) is 10.0 Å². The van der Waals surface area contributed by atoms with E-state index in [2.05, 4.69) is 4.72 Å². The highest BCUT2D eigenvalue weighted by Crippen LogP contribution is 2.35. The quantitative estimate of drug-likeness (QED) is 0.864. The van der Waals surface area contributed by atoms with Gasteiger partial charge in [0.25, 0.3) is 0 Å². The van der Waals surface area contributed by atoms with E-state index in [1.54, 1.807) is 6.07 Å². The molecule has 140 valence electrons. The van der Waals surface area contributed by atoms with Gasteiger partial charge < -0.3 is 9.47 Å². The maximum atomic E-state index is 13.0. The zero-order chi connectivity index (χ0) is 18.9. The molecule has 2 aromatic rings. The number of fused-ring (bicyclic) bond motifs is 1. The second-order valence-corrected chi connectivity index (χ2v) is 8.70. The van der Waals surface area contributed by atoms with E-state index in [0.29, 0.717) is 29.6 Å². The maximum absolute atomic E-state index is 13.0. The predicted octanol–water partition coefficient (Wildman–Crippen LogP) is 3.75. The van der Waals surface area contributed by atoms with Crippen molar-refractivity contribution in [2.45, 2.75) is 38.6 Å². The molecule has 0 fully saturated rings. The third-order valence-electron chi connectivity index (χ3n) is 4.51. The van der Waals surface area contributed by atoms with Crippen molar-refractivity contribution in [2.24, 2.45) is 5.92 Å². The number of benzene rings is 2. The van der Waals surface area contributed by atoms with Crippen LogP contribution in [-0.2, 0) is 10.0 Å². The van der Waals surface area contributed by atoms with E-state index in [1.807, 2.05) is 58.0 Å². The molecule has 0 aliphatic carbocycles. The topological polar surface area (TPSA) is 64.6 Å². The van der Waals surface area contributed by atoms with E-state index in [4.69, 9.17) is 9.47 Å². The van der Waals surface area contributed by atoms with Gasteiger partial charge in [0.1, 0.15) is 13.2 Å². The van der Waals surface area contributed by atoms with Crippen molar-refractivity contribution in [3.8, 4) is 11.5 Å². The smallest absolute Gasteiger partial charge is 0.241 e. The Morgan fingerprint density at radius 3 is 2.35 bits per heavy atom. The second-order valence-electron chi connectivity index (χ2n) is 7.02. The fourth-order valence-electron chi connectivity index (χ4n) is 3.07. The van der Waals surface area contributed by atoms with Gasteiger partial charge in [-0.1, -0.05) is 32.0 Å². The maximum Gasteiger partial charge on any atom is 0.241 e. The largest absolute Gasteiger partial charge is 0.486 e. The van der Waals surface area contributed by atoms with E-state index in [1.165, 1.54) is 0 Å². The van der Waals surface area contributed by atoms with Gasteiger partial charge in [0.05, 0.1) is 4.90 Å². The summed E-state index contributed by atoms with van der Waals surface area (Å²) in [5.41, 5.74) is 2.50. The molecule has 0 radical (unpaired) electrons. The van der Waals surface area contributed by atoms with Crippen LogP contribution >= 0.6 is 0 Å². The Hall–Kier alpha value is -2.05. The minimum absolute atomic E-state index is 0.0671. The van der Waals surface area contributed by atoms with Gasteiger partial charge in [-0.25, -0.2) is 13.1 Å². The highest BCUT2D eigenvalue weighted by Gasteiger charge is 2.26. The molecule has 0 saturated heterocycles. The molecule has 26 heavy (non-hydrogen) atoms. The zero-order valence-corrected chi connectivity index (χ0v) is 16.4. The molecule has 1 aliphatic heterocycles. The lowest BCUT2D eigenvalue weighted by Gasteiger charge is -2.25. The van der Waals surface area contributed by atoms with Crippen LogP contribution < -0.4 is 14.2 Å². The molecular formula is C20H25NO4S. The van der Waals surface area contributed by atoms with Crippen molar-refractivity contribution in [1.29, 1.82) is 0 Å². The van der Waals surface area contributed by atoms with Crippen molar-refractivity contribution in [3.63, 3.8) is 0 Å². The third-order valence-corrected chi connectivity index (χ3v) is 6.09. The fraction of sp³-hybridized carbons (Fsp3) is 0.400. The molecule has 0 bridgehead atoms. The van der Waals surface area contributed by atoms with Gasteiger partial charge in [0.15, 0.2) is 11.5 Å². The Balaban J connectivity index is 1.95. The van der Waals surface area contributed by atoms with Crippen LogP contribution in [-0.4, -0.2) is 21.6 Å². The Kier molecular flexibility index (Phi) is 5.25. The minimum Gasteiger partial charge on any atom is -0.486 e. The van der Waals surface area contributed by atoms with E-state index < -0.39 is 10.0 Å². The molecule has 1 N–H and O–H groups in total. The van der Waals surface area contributed by atoms with Crippen LogP contribution in [0.2, 0.25) is 0 Å². The van der Waals surface area contributed by atoms with E-state index >= 15 is 0 Å². The summed E-state index contributed by atoms with van der Waals surface area (Å²) in [6.07, 6.45) is 0. The lowest BCUT2D eigenvalue weighted by Crippen LogP contribution is -2.32. The van der Waals surface area contributed by atoms with Crippen LogP contribution in [0.5, 0.6) is 11.5 Å². The average Bonchev–Trinajstić information content (AvgIpc) is 2.61. The van der Waals surface area contributed by atoms with Crippen molar-refractivity contribution in [1.82, 2.24) is 4.72 Å². The van der Waals surface area contributed by atoms with Gasteiger partial charge >= 0.3 is 0 Å². The minimum atomic E-state index is -3.65. The second kappa shape index (κ2) is 7.29. The summed E-state index contributed by atoms with van der Waals surface area (Å²) in [5.74, 6) is 1.42. The molecule has 0 unspecified atom stereocenters. The Morgan fingerprint density at radius 1 is 0.962 bits per heavy atom. The summed E-state index contributed by atoms with van der Waals surface area (Å²) in [4.78, 5) is 0.320. The number of hydrogen-bond donors (Lipinski definition) is 1. The monoisotopic (exact) mass is 375 g/mol. The molecule has 6 heteroatoms. The highest BCUT2D eigenvalue weighted by atomic mass is 32.2. The number of ether oxygens (including phenoxy) is 2. The van der Waals surface area contributed by atoms with Gasteiger partial charge in [-0.15, -0.1) is 0 Å². The van der Waals surface area contributed by atoms with Crippen LogP contribution in [0.3, 0.4) is 0 Å². The number of aryl methyl sites for hydroxylation is 2. The first kappa shape index (κ1) is 18.7. The normalized spacial score (nSPS) is 15.1. The number of hydrogen-bond acceptors (Lipinski definition) is 4. The SMILES string of the molecule is Cc1ccc(C)c(S(=O)(=O)N[C@@H](c2ccc3c(c2)OCCO3)C(C)C)c1. The highest BCUT2D eigenvalue weighted by molar-refractivity contribution is 7.89. The summed E-state index contributed by atoms with van der Waals surface area (Å²) < 4.78 is 40.1. The number of nitrogens with one attached hydrogen (secondary N) is 1. The molecule has 1 heterocycles. The Morgan fingerprint density at radius 2 is 1.65 bits per heavy atom. The van der Waals surface area contributed by atoms with Crippen LogP contribution in [0.25, 0.3) is 0 Å². The summed E-state index contributed by atoms with van der Waals surface area (Å²) in [7, 11) is -3.65. The third kappa shape index (κ3) is 3.86. The standard InChI is InChI=1S/C20H25NO4S/c1-13(2)20(16-7-8-17-18(12-16)25-10-9-24-17)21-26(22,23)19-11-14(3)5-6-15(19)4/h5-8,11-13,20-21H,9-10H2,1-4H3/t20-/m1/s1. The van der Waals surface area contributed by atoms with Crippen molar-refractivity contribution in [2.75, 3.05) is 13.2 Å². The lowest BCUT2D eigenvalue weighted by molar-refractivity contribution is 0.171.